The van der Waals surface area contributed by atoms with E-state index in [9.17, 15) is 9.59 Å². The van der Waals surface area contributed by atoms with Crippen LogP contribution in [0.4, 0.5) is 0 Å². The first kappa shape index (κ1) is 13.2. The van der Waals surface area contributed by atoms with Crippen molar-refractivity contribution >= 4 is 11.9 Å². The van der Waals surface area contributed by atoms with Crippen LogP contribution in [0.2, 0.25) is 0 Å². The van der Waals surface area contributed by atoms with E-state index >= 15 is 0 Å². The third-order valence-electron chi connectivity index (χ3n) is 1.90. The first-order valence-electron chi connectivity index (χ1n) is 4.41. The number of carbonyl (C=O) groups is 2. The van der Waals surface area contributed by atoms with Crippen molar-refractivity contribution in [2.24, 2.45) is 0 Å². The molecule has 0 heterocycles. The predicted octanol–water partition coefficient (Wildman–Crippen LogP) is 1.69. The number of carboxylic acid groups (broad SMARTS) is 1. The number of carboxylic acids is 1. The molecule has 0 radical (unpaired) electrons. The second-order valence-electron chi connectivity index (χ2n) is 2.81. The molecule has 0 aliphatic heterocycles. The highest BCUT2D eigenvalue weighted by atomic mass is 16.6. The fourth-order valence-corrected chi connectivity index (χ4v) is 0.888. The predicted molar refractivity (Wildman–Crippen MR) is 56.3 cm³/mol. The molecule has 1 N–H and O–H groups in total. The van der Waals surface area contributed by atoms with Gasteiger partial charge < -0.3 is 9.84 Å². The van der Waals surface area contributed by atoms with Crippen molar-refractivity contribution < 1.29 is 19.4 Å². The van der Waals surface area contributed by atoms with Crippen LogP contribution in [-0.2, 0) is 14.3 Å². The van der Waals surface area contributed by atoms with Gasteiger partial charge in [0.2, 0.25) is 0 Å². The summed E-state index contributed by atoms with van der Waals surface area (Å²) in [5, 5.41) is 8.30. The minimum Gasteiger partial charge on any atom is -0.478 e. The molecule has 0 aliphatic rings. The first-order chi connectivity index (χ1) is 6.99. The highest BCUT2D eigenvalue weighted by molar-refractivity contribution is 5.91. The maximum Gasteiger partial charge on any atom is 0.332 e. The second-order valence-corrected chi connectivity index (χ2v) is 2.81. The summed E-state index contributed by atoms with van der Waals surface area (Å²) in [6.45, 7) is 8.87. The Morgan fingerprint density at radius 3 is 2.20 bits per heavy atom. The summed E-state index contributed by atoms with van der Waals surface area (Å²) in [4.78, 5) is 21.3. The fraction of sp³-hybridized carbons (Fsp3) is 0.273. The molecule has 0 saturated heterocycles. The molecule has 0 aromatic rings. The molecule has 82 valence electrons. The van der Waals surface area contributed by atoms with Crippen molar-refractivity contribution in [3.05, 3.63) is 37.5 Å². The van der Waals surface area contributed by atoms with E-state index in [4.69, 9.17) is 9.84 Å². The molecule has 0 fully saturated rings. The monoisotopic (exact) mass is 210 g/mol. The first-order valence-corrected chi connectivity index (χ1v) is 4.41. The van der Waals surface area contributed by atoms with E-state index in [1.54, 1.807) is 6.92 Å². The number of aliphatic carboxylic acids is 1. The van der Waals surface area contributed by atoms with E-state index in [0.717, 1.165) is 12.2 Å². The highest BCUT2D eigenvalue weighted by Gasteiger charge is 2.23. The van der Waals surface area contributed by atoms with Crippen LogP contribution in [0.1, 0.15) is 13.3 Å². The summed E-state index contributed by atoms with van der Waals surface area (Å²) < 4.78 is 5.01. The van der Waals surface area contributed by atoms with Gasteiger partial charge in [-0.3, -0.25) is 0 Å². The van der Waals surface area contributed by atoms with Crippen molar-refractivity contribution in [1.82, 2.24) is 0 Å². The van der Waals surface area contributed by atoms with Gasteiger partial charge in [-0.05, 0) is 18.6 Å². The summed E-state index contributed by atoms with van der Waals surface area (Å²) >= 11 is 0. The van der Waals surface area contributed by atoms with E-state index in [1.807, 2.05) is 0 Å². The van der Waals surface area contributed by atoms with Crippen molar-refractivity contribution in [2.45, 2.75) is 18.9 Å². The number of carbonyl (C=O) groups excluding carboxylic acids is 1. The maximum atomic E-state index is 11.2. The zero-order valence-corrected chi connectivity index (χ0v) is 8.60. The summed E-state index contributed by atoms with van der Waals surface area (Å²) in [5.74, 6) is -1.94. The Labute approximate surface area is 88.6 Å². The van der Waals surface area contributed by atoms with Gasteiger partial charge in [0.1, 0.15) is 5.60 Å². The van der Waals surface area contributed by atoms with E-state index in [-0.39, 0.29) is 0 Å². The van der Waals surface area contributed by atoms with E-state index < -0.39 is 17.5 Å². The molecule has 0 aromatic carbocycles. The maximum absolute atomic E-state index is 11.2. The van der Waals surface area contributed by atoms with Gasteiger partial charge in [0.05, 0.1) is 0 Å². The molecule has 4 heteroatoms. The Bertz CT molecular complexity index is 294. The lowest BCUT2D eigenvalue weighted by atomic mass is 10.0. The molecule has 0 saturated carbocycles. The van der Waals surface area contributed by atoms with Crippen LogP contribution in [0.25, 0.3) is 0 Å². The van der Waals surface area contributed by atoms with Crippen LogP contribution in [0.5, 0.6) is 0 Å². The molecular weight excluding hydrogens is 196 g/mol. The van der Waals surface area contributed by atoms with Gasteiger partial charge in [-0.15, -0.1) is 0 Å². The van der Waals surface area contributed by atoms with Crippen LogP contribution in [0.3, 0.4) is 0 Å². The summed E-state index contributed by atoms with van der Waals surface area (Å²) in [7, 11) is 0. The SMILES string of the molecule is C=CC(C=C)(CC)OC(=O)/C=C\C(=O)O. The average molecular weight is 210 g/mol. The Morgan fingerprint density at radius 1 is 1.33 bits per heavy atom. The Hall–Kier alpha value is -1.84. The van der Waals surface area contributed by atoms with Crippen LogP contribution < -0.4 is 0 Å². The largest absolute Gasteiger partial charge is 0.478 e. The van der Waals surface area contributed by atoms with E-state index in [0.29, 0.717) is 6.42 Å². The van der Waals surface area contributed by atoms with Crippen LogP contribution >= 0.6 is 0 Å². The average Bonchev–Trinajstić information content (AvgIpc) is 2.23. The summed E-state index contributed by atoms with van der Waals surface area (Å²) in [6, 6.07) is 0. The van der Waals surface area contributed by atoms with Crippen LogP contribution in [0, 0.1) is 0 Å². The number of rotatable bonds is 6. The van der Waals surface area contributed by atoms with Crippen LogP contribution in [0.15, 0.2) is 37.5 Å². The smallest absolute Gasteiger partial charge is 0.332 e. The van der Waals surface area contributed by atoms with Crippen molar-refractivity contribution in [3.63, 3.8) is 0 Å². The highest BCUT2D eigenvalue weighted by Crippen LogP contribution is 2.18. The Balaban J connectivity index is 4.56. The number of hydrogen-bond acceptors (Lipinski definition) is 3. The zero-order chi connectivity index (χ0) is 11.9. The third-order valence-corrected chi connectivity index (χ3v) is 1.90. The molecule has 0 aromatic heterocycles. The van der Waals surface area contributed by atoms with Crippen LogP contribution in [-0.4, -0.2) is 22.6 Å². The molecule has 15 heavy (non-hydrogen) atoms. The Kier molecular flexibility index (Phi) is 5.09. The lowest BCUT2D eigenvalue weighted by Gasteiger charge is -2.24. The van der Waals surface area contributed by atoms with E-state index in [2.05, 4.69) is 13.2 Å². The summed E-state index contributed by atoms with van der Waals surface area (Å²) in [6.07, 6.45) is 4.96. The molecule has 0 bridgehead atoms. The fourth-order valence-electron chi connectivity index (χ4n) is 0.888. The minimum atomic E-state index is -1.20. The molecular formula is C11H14O4. The summed E-state index contributed by atoms with van der Waals surface area (Å²) in [5.41, 5.74) is -0.931. The van der Waals surface area contributed by atoms with Crippen molar-refractivity contribution in [1.29, 1.82) is 0 Å². The quantitative estimate of drug-likeness (QED) is 0.411. The van der Waals surface area contributed by atoms with Gasteiger partial charge in [-0.1, -0.05) is 20.1 Å². The molecule has 0 unspecified atom stereocenters. The van der Waals surface area contributed by atoms with Gasteiger partial charge >= 0.3 is 11.9 Å². The zero-order valence-electron chi connectivity index (χ0n) is 8.60. The molecule has 0 spiro atoms. The standard InChI is InChI=1S/C11H14O4/c1-4-11(5-2,6-3)15-10(14)8-7-9(12)13/h4-5,7-8H,1-2,6H2,3H3,(H,12,13)/b8-7-. The molecule has 4 nitrogen and oxygen atoms in total. The topological polar surface area (TPSA) is 63.6 Å². The molecule has 0 aliphatic carbocycles. The number of hydrogen-bond donors (Lipinski definition) is 1. The van der Waals surface area contributed by atoms with Gasteiger partial charge in [0.25, 0.3) is 0 Å². The molecule has 0 amide bonds. The van der Waals surface area contributed by atoms with Crippen molar-refractivity contribution in [2.75, 3.05) is 0 Å². The lowest BCUT2D eigenvalue weighted by Crippen LogP contribution is -2.28. The second kappa shape index (κ2) is 5.80. The van der Waals surface area contributed by atoms with Gasteiger partial charge in [-0.2, -0.15) is 0 Å². The molecule has 0 rings (SSSR count). The minimum absolute atomic E-state index is 0.493. The lowest BCUT2D eigenvalue weighted by molar-refractivity contribution is -0.146. The Morgan fingerprint density at radius 2 is 1.87 bits per heavy atom. The van der Waals surface area contributed by atoms with E-state index in [1.165, 1.54) is 12.2 Å². The third kappa shape index (κ3) is 4.26. The van der Waals surface area contributed by atoms with Gasteiger partial charge in [-0.25, -0.2) is 9.59 Å². The normalized spacial score (nSPS) is 11.0. The number of esters is 1. The van der Waals surface area contributed by atoms with Crippen molar-refractivity contribution in [3.8, 4) is 0 Å². The van der Waals surface area contributed by atoms with Gasteiger partial charge in [0, 0.05) is 12.2 Å². The van der Waals surface area contributed by atoms with Gasteiger partial charge in [0.15, 0.2) is 0 Å². The molecule has 0 atom stereocenters. The number of ether oxygens (including phenoxy) is 1.